The van der Waals surface area contributed by atoms with Gasteiger partial charge in [-0.3, -0.25) is 9.59 Å². The van der Waals surface area contributed by atoms with Crippen molar-refractivity contribution in [1.82, 2.24) is 9.80 Å². The third kappa shape index (κ3) is 2.36. The molecule has 1 atom stereocenters. The number of hydrogen-bond acceptors (Lipinski definition) is 2. The van der Waals surface area contributed by atoms with E-state index in [0.717, 1.165) is 38.9 Å². The van der Waals surface area contributed by atoms with Gasteiger partial charge in [0.15, 0.2) is 0 Å². The van der Waals surface area contributed by atoms with E-state index in [1.165, 1.54) is 0 Å². The van der Waals surface area contributed by atoms with Crippen LogP contribution in [0.2, 0.25) is 0 Å². The highest BCUT2D eigenvalue weighted by Crippen LogP contribution is 2.17. The van der Waals surface area contributed by atoms with Gasteiger partial charge in [0.05, 0.1) is 0 Å². The third-order valence-corrected chi connectivity index (χ3v) is 3.63. The molecule has 0 aromatic rings. The lowest BCUT2D eigenvalue weighted by Gasteiger charge is -2.26. The fourth-order valence-electron chi connectivity index (χ4n) is 2.57. The minimum absolute atomic E-state index is 0.278. The van der Waals surface area contributed by atoms with Crippen molar-refractivity contribution in [3.8, 4) is 0 Å². The maximum absolute atomic E-state index is 11.5. The van der Waals surface area contributed by atoms with Crippen LogP contribution in [0.5, 0.6) is 0 Å². The molecule has 2 amide bonds. The summed E-state index contributed by atoms with van der Waals surface area (Å²) < 4.78 is 0. The average Bonchev–Trinajstić information content (AvgIpc) is 2.84. The van der Waals surface area contributed by atoms with E-state index in [1.54, 1.807) is 0 Å². The highest BCUT2D eigenvalue weighted by molar-refractivity contribution is 5.78. The van der Waals surface area contributed by atoms with Crippen molar-refractivity contribution in [2.24, 2.45) is 0 Å². The van der Waals surface area contributed by atoms with Gasteiger partial charge in [-0.2, -0.15) is 0 Å². The average molecular weight is 224 g/mol. The number of carbonyl (C=O) groups is 2. The van der Waals surface area contributed by atoms with Gasteiger partial charge in [0, 0.05) is 38.5 Å². The van der Waals surface area contributed by atoms with E-state index in [0.29, 0.717) is 12.8 Å². The topological polar surface area (TPSA) is 40.6 Å². The van der Waals surface area contributed by atoms with Crippen LogP contribution in [0.1, 0.15) is 39.0 Å². The minimum atomic E-state index is 0.278. The molecule has 2 saturated heterocycles. The summed E-state index contributed by atoms with van der Waals surface area (Å²) in [7, 11) is 0. The van der Waals surface area contributed by atoms with E-state index in [1.807, 2.05) is 9.80 Å². The van der Waals surface area contributed by atoms with Gasteiger partial charge in [0.2, 0.25) is 11.8 Å². The molecule has 2 aliphatic rings. The van der Waals surface area contributed by atoms with Gasteiger partial charge in [0.25, 0.3) is 0 Å². The summed E-state index contributed by atoms with van der Waals surface area (Å²) in [4.78, 5) is 26.8. The molecule has 2 aliphatic heterocycles. The Morgan fingerprint density at radius 1 is 1.12 bits per heavy atom. The zero-order valence-corrected chi connectivity index (χ0v) is 9.95. The first kappa shape index (κ1) is 11.4. The summed E-state index contributed by atoms with van der Waals surface area (Å²) in [6.07, 6.45) is 4.31. The Morgan fingerprint density at radius 2 is 1.81 bits per heavy atom. The zero-order valence-electron chi connectivity index (χ0n) is 9.95. The summed E-state index contributed by atoms with van der Waals surface area (Å²) in [6, 6.07) is 0.281. The van der Waals surface area contributed by atoms with Gasteiger partial charge < -0.3 is 9.80 Å². The van der Waals surface area contributed by atoms with E-state index in [9.17, 15) is 9.59 Å². The van der Waals surface area contributed by atoms with Crippen LogP contribution in [0.15, 0.2) is 0 Å². The standard InChI is InChI=1S/C12H20N2O2/c1-10(14-8-3-5-12(14)16)6-9-13-7-2-4-11(13)15/h10H,2-9H2,1H3. The Bertz CT molecular complexity index is 291. The van der Waals surface area contributed by atoms with Crippen LogP contribution in [0, 0.1) is 0 Å². The molecule has 2 rings (SSSR count). The van der Waals surface area contributed by atoms with Gasteiger partial charge in [-0.25, -0.2) is 0 Å². The molecule has 0 N–H and O–H groups in total. The lowest BCUT2D eigenvalue weighted by atomic mass is 10.2. The fraction of sp³-hybridized carbons (Fsp3) is 0.833. The molecule has 90 valence electrons. The van der Waals surface area contributed by atoms with Gasteiger partial charge in [-0.05, 0) is 26.2 Å². The number of likely N-dealkylation sites (tertiary alicyclic amines) is 2. The van der Waals surface area contributed by atoms with Crippen LogP contribution in [0.3, 0.4) is 0 Å². The molecule has 0 aromatic heterocycles. The number of rotatable bonds is 4. The quantitative estimate of drug-likeness (QED) is 0.715. The Morgan fingerprint density at radius 3 is 2.38 bits per heavy atom. The van der Waals surface area contributed by atoms with Gasteiger partial charge in [-0.15, -0.1) is 0 Å². The normalized spacial score (nSPS) is 23.3. The van der Waals surface area contributed by atoms with Gasteiger partial charge >= 0.3 is 0 Å². The van der Waals surface area contributed by atoms with Crippen molar-refractivity contribution in [3.05, 3.63) is 0 Å². The van der Waals surface area contributed by atoms with E-state index >= 15 is 0 Å². The predicted molar refractivity (Wildman–Crippen MR) is 60.8 cm³/mol. The second-order valence-electron chi connectivity index (χ2n) is 4.81. The van der Waals surface area contributed by atoms with Gasteiger partial charge in [0.1, 0.15) is 0 Å². The second kappa shape index (κ2) is 4.85. The van der Waals surface area contributed by atoms with Crippen LogP contribution in [-0.2, 0) is 9.59 Å². The fourth-order valence-corrected chi connectivity index (χ4v) is 2.57. The number of carbonyl (C=O) groups excluding carboxylic acids is 2. The van der Waals surface area contributed by atoms with Crippen LogP contribution < -0.4 is 0 Å². The maximum atomic E-state index is 11.5. The smallest absolute Gasteiger partial charge is 0.222 e. The SMILES string of the molecule is CC(CCN1CCCC1=O)N1CCCC1=O. The molecule has 2 heterocycles. The first-order valence-corrected chi connectivity index (χ1v) is 6.26. The highest BCUT2D eigenvalue weighted by Gasteiger charge is 2.26. The molecule has 1 unspecified atom stereocenters. The molecule has 0 aliphatic carbocycles. The lowest BCUT2D eigenvalue weighted by Crippen LogP contribution is -2.37. The third-order valence-electron chi connectivity index (χ3n) is 3.63. The molecule has 2 fully saturated rings. The van der Waals surface area contributed by atoms with Crippen molar-refractivity contribution in [3.63, 3.8) is 0 Å². The number of nitrogens with zero attached hydrogens (tertiary/aromatic N) is 2. The Kier molecular flexibility index (Phi) is 3.46. The largest absolute Gasteiger partial charge is 0.343 e. The molecule has 0 bridgehead atoms. The predicted octanol–water partition coefficient (Wildman–Crippen LogP) is 1.01. The highest BCUT2D eigenvalue weighted by atomic mass is 16.2. The summed E-state index contributed by atoms with van der Waals surface area (Å²) in [5, 5.41) is 0. The van der Waals surface area contributed by atoms with Crippen molar-refractivity contribution in [2.45, 2.75) is 45.1 Å². The van der Waals surface area contributed by atoms with Crippen molar-refractivity contribution >= 4 is 11.8 Å². The van der Waals surface area contributed by atoms with Crippen molar-refractivity contribution in [1.29, 1.82) is 0 Å². The molecule has 0 aromatic carbocycles. The van der Waals surface area contributed by atoms with Gasteiger partial charge in [-0.1, -0.05) is 0 Å². The number of amides is 2. The summed E-state index contributed by atoms with van der Waals surface area (Å²) in [6.45, 7) is 4.70. The monoisotopic (exact) mass is 224 g/mol. The van der Waals surface area contributed by atoms with E-state index in [4.69, 9.17) is 0 Å². The minimum Gasteiger partial charge on any atom is -0.343 e. The molecule has 4 heteroatoms. The van der Waals surface area contributed by atoms with Crippen LogP contribution in [0.4, 0.5) is 0 Å². The van der Waals surface area contributed by atoms with Crippen molar-refractivity contribution < 1.29 is 9.59 Å². The molecular formula is C12H20N2O2. The molecule has 0 spiro atoms. The van der Waals surface area contributed by atoms with E-state index < -0.39 is 0 Å². The molecule has 0 radical (unpaired) electrons. The number of hydrogen-bond donors (Lipinski definition) is 0. The van der Waals surface area contributed by atoms with E-state index in [2.05, 4.69) is 6.92 Å². The molecule has 0 saturated carbocycles. The lowest BCUT2D eigenvalue weighted by molar-refractivity contribution is -0.129. The summed E-state index contributed by atoms with van der Waals surface area (Å²) >= 11 is 0. The summed E-state index contributed by atoms with van der Waals surface area (Å²) in [5.41, 5.74) is 0. The Balaban J connectivity index is 1.76. The first-order chi connectivity index (χ1) is 7.68. The molecular weight excluding hydrogens is 204 g/mol. The van der Waals surface area contributed by atoms with Crippen molar-refractivity contribution in [2.75, 3.05) is 19.6 Å². The second-order valence-corrected chi connectivity index (χ2v) is 4.81. The van der Waals surface area contributed by atoms with E-state index in [-0.39, 0.29) is 17.9 Å². The van der Waals surface area contributed by atoms with Crippen LogP contribution >= 0.6 is 0 Å². The Labute approximate surface area is 96.6 Å². The van der Waals surface area contributed by atoms with Crippen LogP contribution in [0.25, 0.3) is 0 Å². The summed E-state index contributed by atoms with van der Waals surface area (Å²) in [5.74, 6) is 0.556. The zero-order chi connectivity index (χ0) is 11.5. The Hall–Kier alpha value is -1.06. The first-order valence-electron chi connectivity index (χ1n) is 6.26. The van der Waals surface area contributed by atoms with Crippen LogP contribution in [-0.4, -0.2) is 47.3 Å². The maximum Gasteiger partial charge on any atom is 0.222 e. The molecule has 4 nitrogen and oxygen atoms in total. The molecule has 16 heavy (non-hydrogen) atoms.